The number of primary amides is 1. The molecule has 0 aromatic carbocycles. The summed E-state index contributed by atoms with van der Waals surface area (Å²) in [7, 11) is 0. The van der Waals surface area contributed by atoms with Crippen LogP contribution in [0.15, 0.2) is 6.07 Å². The molecule has 1 heterocycles. The zero-order valence-corrected chi connectivity index (χ0v) is 9.77. The summed E-state index contributed by atoms with van der Waals surface area (Å²) in [5.74, 6) is 1.28. The fraction of sp³-hybridized carbons (Fsp3) is 0.500. The third kappa shape index (κ3) is 5.12. The summed E-state index contributed by atoms with van der Waals surface area (Å²) in [4.78, 5) is 18.7. The number of carbonyl (C=O) groups is 1. The van der Waals surface area contributed by atoms with Crippen LogP contribution in [0.25, 0.3) is 0 Å². The lowest BCUT2D eigenvalue weighted by Gasteiger charge is -2.07. The van der Waals surface area contributed by atoms with E-state index in [2.05, 4.69) is 15.3 Å². The van der Waals surface area contributed by atoms with Gasteiger partial charge in [-0.25, -0.2) is 9.97 Å². The second-order valence-corrected chi connectivity index (χ2v) is 3.39. The minimum absolute atomic E-state index is 0.0756. The van der Waals surface area contributed by atoms with E-state index < -0.39 is 5.91 Å². The van der Waals surface area contributed by atoms with Crippen LogP contribution in [-0.4, -0.2) is 35.6 Å². The molecule has 1 aromatic heterocycles. The maximum Gasteiger partial charge on any atom is 0.243 e. The van der Waals surface area contributed by atoms with Crippen molar-refractivity contribution in [3.63, 3.8) is 0 Å². The Bertz CT molecular complexity index is 383. The third-order valence-electron chi connectivity index (χ3n) is 1.91. The smallest absolute Gasteiger partial charge is 0.243 e. The van der Waals surface area contributed by atoms with E-state index in [-0.39, 0.29) is 6.61 Å². The van der Waals surface area contributed by atoms with Crippen molar-refractivity contribution in [3.8, 4) is 0 Å². The zero-order chi connectivity index (χ0) is 12.7. The van der Waals surface area contributed by atoms with Gasteiger partial charge < -0.3 is 21.5 Å². The first-order valence-corrected chi connectivity index (χ1v) is 5.35. The van der Waals surface area contributed by atoms with Crippen LogP contribution in [0, 0.1) is 0 Å². The number of amides is 1. The van der Waals surface area contributed by atoms with E-state index in [1.54, 1.807) is 6.07 Å². The highest BCUT2D eigenvalue weighted by Gasteiger charge is 2.00. The summed E-state index contributed by atoms with van der Waals surface area (Å²) in [5.41, 5.74) is 10.5. The summed E-state index contributed by atoms with van der Waals surface area (Å²) in [6, 6.07) is 1.65. The Labute approximate surface area is 99.6 Å². The molecule has 0 aliphatic carbocycles. The number of hydrogen-bond donors (Lipinski definition) is 3. The maximum atomic E-state index is 10.4. The summed E-state index contributed by atoms with van der Waals surface area (Å²) in [6.45, 7) is 2.77. The van der Waals surface area contributed by atoms with Gasteiger partial charge in [-0.05, 0) is 0 Å². The Hall–Kier alpha value is -1.89. The first kappa shape index (κ1) is 13.2. The highest BCUT2D eigenvalue weighted by atomic mass is 16.5. The Kier molecular flexibility index (Phi) is 5.15. The maximum absolute atomic E-state index is 10.4. The van der Waals surface area contributed by atoms with E-state index in [0.29, 0.717) is 30.6 Å². The van der Waals surface area contributed by atoms with Crippen LogP contribution in [0.5, 0.6) is 0 Å². The van der Waals surface area contributed by atoms with E-state index in [4.69, 9.17) is 16.2 Å². The number of ether oxygens (including phenoxy) is 1. The number of nitrogen functional groups attached to an aromatic ring is 1. The number of anilines is 2. The first-order chi connectivity index (χ1) is 8.11. The van der Waals surface area contributed by atoms with Crippen LogP contribution < -0.4 is 16.8 Å². The van der Waals surface area contributed by atoms with E-state index in [9.17, 15) is 4.79 Å². The lowest BCUT2D eigenvalue weighted by atomic mass is 10.4. The standard InChI is InChI=1S/C10H17N5O2/c1-2-9-14-7(11)5-10(15-9)13-3-4-17-6-8(12)16/h5H,2-4,6H2,1H3,(H2,12,16)(H3,11,13,14,15). The van der Waals surface area contributed by atoms with Gasteiger partial charge in [-0.15, -0.1) is 0 Å². The quantitative estimate of drug-likeness (QED) is 0.554. The van der Waals surface area contributed by atoms with Crippen LogP contribution in [0.1, 0.15) is 12.7 Å². The molecule has 7 heteroatoms. The van der Waals surface area contributed by atoms with Gasteiger partial charge in [-0.1, -0.05) is 6.92 Å². The fourth-order valence-corrected chi connectivity index (χ4v) is 1.19. The summed E-state index contributed by atoms with van der Waals surface area (Å²) in [5, 5.41) is 3.03. The normalized spacial score (nSPS) is 10.2. The lowest BCUT2D eigenvalue weighted by Crippen LogP contribution is -2.20. The Morgan fingerprint density at radius 2 is 2.29 bits per heavy atom. The highest BCUT2D eigenvalue weighted by molar-refractivity contribution is 5.74. The van der Waals surface area contributed by atoms with Crippen molar-refractivity contribution < 1.29 is 9.53 Å². The number of nitrogens with zero attached hydrogens (tertiary/aromatic N) is 2. The molecule has 1 aromatic rings. The number of aryl methyl sites for hydroxylation is 1. The fourth-order valence-electron chi connectivity index (χ4n) is 1.19. The molecule has 5 N–H and O–H groups in total. The van der Waals surface area contributed by atoms with Crippen molar-refractivity contribution >= 4 is 17.5 Å². The van der Waals surface area contributed by atoms with Crippen molar-refractivity contribution in [2.24, 2.45) is 5.73 Å². The molecule has 94 valence electrons. The van der Waals surface area contributed by atoms with Gasteiger partial charge >= 0.3 is 0 Å². The predicted molar refractivity (Wildman–Crippen MR) is 64.3 cm³/mol. The molecule has 1 rings (SSSR count). The number of aromatic nitrogens is 2. The predicted octanol–water partition coefficient (Wildman–Crippen LogP) is -0.465. The van der Waals surface area contributed by atoms with Gasteiger partial charge in [0.05, 0.1) is 6.61 Å². The molecular weight excluding hydrogens is 222 g/mol. The molecule has 0 aliphatic rings. The SMILES string of the molecule is CCc1nc(N)cc(NCCOCC(N)=O)n1. The molecule has 0 radical (unpaired) electrons. The van der Waals surface area contributed by atoms with Gasteiger partial charge in [0.2, 0.25) is 5.91 Å². The van der Waals surface area contributed by atoms with E-state index in [1.165, 1.54) is 0 Å². The molecule has 0 saturated carbocycles. The molecule has 7 nitrogen and oxygen atoms in total. The second kappa shape index (κ2) is 6.64. The molecule has 0 aliphatic heterocycles. The van der Waals surface area contributed by atoms with Crippen molar-refractivity contribution in [3.05, 3.63) is 11.9 Å². The topological polar surface area (TPSA) is 116 Å². The molecule has 17 heavy (non-hydrogen) atoms. The van der Waals surface area contributed by atoms with E-state index in [1.807, 2.05) is 6.92 Å². The summed E-state index contributed by atoms with van der Waals surface area (Å²) >= 11 is 0. The second-order valence-electron chi connectivity index (χ2n) is 3.39. The molecular formula is C10H17N5O2. The van der Waals surface area contributed by atoms with Crippen LogP contribution in [0.3, 0.4) is 0 Å². The number of carbonyl (C=O) groups excluding carboxylic acids is 1. The molecule has 0 fully saturated rings. The van der Waals surface area contributed by atoms with Crippen LogP contribution in [-0.2, 0) is 16.0 Å². The molecule has 1 amide bonds. The highest BCUT2D eigenvalue weighted by Crippen LogP contribution is 2.08. The number of rotatable bonds is 7. The monoisotopic (exact) mass is 239 g/mol. The largest absolute Gasteiger partial charge is 0.384 e. The molecule has 0 saturated heterocycles. The summed E-state index contributed by atoms with van der Waals surface area (Å²) in [6.07, 6.45) is 0.720. The average Bonchev–Trinajstić information content (AvgIpc) is 2.27. The molecule has 0 bridgehead atoms. The van der Waals surface area contributed by atoms with Gasteiger partial charge in [-0.3, -0.25) is 4.79 Å². The van der Waals surface area contributed by atoms with Crippen molar-refractivity contribution in [2.75, 3.05) is 30.8 Å². The minimum Gasteiger partial charge on any atom is -0.384 e. The zero-order valence-electron chi connectivity index (χ0n) is 9.77. The van der Waals surface area contributed by atoms with Gasteiger partial charge in [-0.2, -0.15) is 0 Å². The van der Waals surface area contributed by atoms with Crippen LogP contribution in [0.4, 0.5) is 11.6 Å². The van der Waals surface area contributed by atoms with Gasteiger partial charge in [0.1, 0.15) is 24.1 Å². The molecule has 0 spiro atoms. The van der Waals surface area contributed by atoms with E-state index in [0.717, 1.165) is 6.42 Å². The van der Waals surface area contributed by atoms with Crippen LogP contribution >= 0.6 is 0 Å². The summed E-state index contributed by atoms with van der Waals surface area (Å²) < 4.78 is 4.99. The lowest BCUT2D eigenvalue weighted by molar-refractivity contribution is -0.122. The molecule has 0 atom stereocenters. The van der Waals surface area contributed by atoms with Crippen LogP contribution in [0.2, 0.25) is 0 Å². The number of nitrogens with one attached hydrogen (secondary N) is 1. The first-order valence-electron chi connectivity index (χ1n) is 5.35. The number of nitrogens with two attached hydrogens (primary N) is 2. The van der Waals surface area contributed by atoms with Gasteiger partial charge in [0.25, 0.3) is 0 Å². The minimum atomic E-state index is -0.482. The van der Waals surface area contributed by atoms with Crippen molar-refractivity contribution in [1.29, 1.82) is 0 Å². The van der Waals surface area contributed by atoms with E-state index >= 15 is 0 Å². The number of hydrogen-bond acceptors (Lipinski definition) is 6. The average molecular weight is 239 g/mol. The van der Waals surface area contributed by atoms with Crippen molar-refractivity contribution in [1.82, 2.24) is 9.97 Å². The van der Waals surface area contributed by atoms with Gasteiger partial charge in [0, 0.05) is 19.0 Å². The molecule has 0 unspecified atom stereocenters. The van der Waals surface area contributed by atoms with Gasteiger partial charge in [0.15, 0.2) is 0 Å². The Morgan fingerprint density at radius 1 is 1.53 bits per heavy atom. The third-order valence-corrected chi connectivity index (χ3v) is 1.91. The Morgan fingerprint density at radius 3 is 2.94 bits per heavy atom. The van der Waals surface area contributed by atoms with Crippen molar-refractivity contribution in [2.45, 2.75) is 13.3 Å². The Balaban J connectivity index is 2.36.